The Kier molecular flexibility index (Phi) is 2.58. The zero-order valence-electron chi connectivity index (χ0n) is 4.05. The van der Waals surface area contributed by atoms with Crippen molar-refractivity contribution < 1.29 is 28.7 Å². The van der Waals surface area contributed by atoms with Crippen LogP contribution in [0, 0.1) is 0 Å². The summed E-state index contributed by atoms with van der Waals surface area (Å²) < 4.78 is 19.1. The molecule has 0 aromatic heterocycles. The largest absolute Gasteiger partial charge is 0.810 e. The van der Waals surface area contributed by atoms with E-state index >= 15 is 0 Å². The van der Waals surface area contributed by atoms with Crippen LogP contribution in [0.3, 0.4) is 0 Å². The average Bonchev–Trinajstić information content (AvgIpc) is 1.14. The number of hydrogen-bond donors (Lipinski definition) is 0. The Bertz CT molecular complexity index is 151. The molecule has 0 rings (SSSR count). The second-order valence-corrected chi connectivity index (χ2v) is 4.94. The fourth-order valence-electron chi connectivity index (χ4n) is 0.212. The maximum Gasteiger partial charge on any atom is 0.00301 e. The van der Waals surface area contributed by atoms with Crippen molar-refractivity contribution in [2.45, 2.75) is 0 Å². The van der Waals surface area contributed by atoms with Crippen molar-refractivity contribution in [3.05, 3.63) is 0 Å². The molecule has 0 atom stereocenters. The van der Waals surface area contributed by atoms with E-state index in [0.29, 0.717) is 0 Å². The van der Waals surface area contributed by atoms with Crippen LogP contribution in [0.1, 0.15) is 0 Å². The highest BCUT2D eigenvalue weighted by Gasteiger charge is 1.93. The van der Waals surface area contributed by atoms with Gasteiger partial charge in [-0.25, -0.2) is 0 Å². The molecule has 0 aliphatic carbocycles. The molecular weight excluding hydrogens is 170 g/mol. The lowest BCUT2D eigenvalue weighted by Gasteiger charge is -2.40. The van der Waals surface area contributed by atoms with Crippen LogP contribution in [-0.4, -0.2) is 5.90 Å². The summed E-state index contributed by atoms with van der Waals surface area (Å²) in [7, 11) is -10.4. The summed E-state index contributed by atoms with van der Waals surface area (Å²) in [6, 6.07) is 0. The molecule has 0 saturated carbocycles. The van der Waals surface area contributed by atoms with Gasteiger partial charge in [-0.3, -0.25) is 0 Å². The van der Waals surface area contributed by atoms with Gasteiger partial charge in [0.1, 0.15) is 0 Å². The number of hydrogen-bond acceptors (Lipinski definition) is 6. The molecule has 0 amide bonds. The van der Waals surface area contributed by atoms with Crippen LogP contribution in [0.5, 0.6) is 0 Å². The molecule has 0 aromatic carbocycles. The first-order valence-electron chi connectivity index (χ1n) is 1.73. The van der Waals surface area contributed by atoms with Gasteiger partial charge in [0.15, 0.2) is 0 Å². The van der Waals surface area contributed by atoms with Crippen LogP contribution < -0.4 is 19.6 Å². The first-order valence-corrected chi connectivity index (χ1v) is 5.18. The molecule has 0 N–H and O–H groups in total. The number of rotatable bonds is 2. The lowest BCUT2D eigenvalue weighted by molar-refractivity contribution is -0.324. The van der Waals surface area contributed by atoms with E-state index in [1.165, 1.54) is 0 Å². The molecule has 0 heterocycles. The smallest absolute Gasteiger partial charge is 0.00301 e. The highest BCUT2D eigenvalue weighted by molar-refractivity contribution is 7.66. The van der Waals surface area contributed by atoms with Crippen LogP contribution >= 0.6 is 15.2 Å². The molecule has 8 heteroatoms. The van der Waals surface area contributed by atoms with Crippen molar-refractivity contribution in [2.24, 2.45) is 0 Å². The second-order valence-electron chi connectivity index (χ2n) is 1.36. The van der Waals surface area contributed by atoms with Gasteiger partial charge in [0.05, 0.1) is 0 Å². The molecule has 0 saturated heterocycles. The minimum absolute atomic E-state index is 1.82. The minimum atomic E-state index is -5.18. The monoisotopic (exact) mass is 172 g/mol. The normalized spacial score (nSPS) is 13.8. The Morgan fingerprint density at radius 2 is 1.11 bits per heavy atom. The molecule has 0 fully saturated rings. The molecule has 0 aromatic rings. The van der Waals surface area contributed by atoms with E-state index in [9.17, 15) is 28.7 Å². The molecule has 0 aliphatic rings. The topological polar surface area (TPSA) is 126 Å². The molecule has 0 spiro atoms. The van der Waals surface area contributed by atoms with Gasteiger partial charge in [-0.15, -0.1) is 0 Å². The van der Waals surface area contributed by atoms with Crippen LogP contribution in [-0.2, 0) is 9.13 Å². The maximum absolute atomic E-state index is 9.55. The van der Waals surface area contributed by atoms with E-state index in [-0.39, 0.29) is 0 Å². The molecule has 0 unspecified atom stereocenters. The Morgan fingerprint density at radius 1 is 0.889 bits per heavy atom. The fraction of sp³-hybridized carbons (Fsp3) is 1.00. The zero-order valence-corrected chi connectivity index (χ0v) is 5.84. The molecule has 56 valence electrons. The third-order valence-corrected chi connectivity index (χ3v) is 3.12. The third kappa shape index (κ3) is 8.30. The van der Waals surface area contributed by atoms with Gasteiger partial charge in [0.25, 0.3) is 0 Å². The quantitative estimate of drug-likeness (QED) is 0.403. The Morgan fingerprint density at radius 3 is 1.11 bits per heavy atom. The van der Waals surface area contributed by atoms with E-state index in [1.54, 1.807) is 0 Å². The van der Waals surface area contributed by atoms with Gasteiger partial charge < -0.3 is 28.7 Å². The maximum atomic E-state index is 9.55. The summed E-state index contributed by atoms with van der Waals surface area (Å²) >= 11 is 0. The predicted octanol–water partition coefficient (Wildman–Crippen LogP) is -3.23. The van der Waals surface area contributed by atoms with E-state index in [1.807, 2.05) is 0 Å². The molecule has 0 radical (unpaired) electrons. The van der Waals surface area contributed by atoms with Crippen molar-refractivity contribution in [2.75, 3.05) is 5.90 Å². The summed E-state index contributed by atoms with van der Waals surface area (Å²) in [6.45, 7) is 0. The van der Waals surface area contributed by atoms with E-state index < -0.39 is 21.1 Å². The lowest BCUT2D eigenvalue weighted by Crippen LogP contribution is -2.24. The molecular formula is CH2O6P2-4. The first-order chi connectivity index (χ1) is 3.71. The van der Waals surface area contributed by atoms with E-state index in [2.05, 4.69) is 0 Å². The van der Waals surface area contributed by atoms with Crippen LogP contribution in [0.15, 0.2) is 0 Å². The van der Waals surface area contributed by atoms with E-state index in [0.717, 1.165) is 0 Å². The van der Waals surface area contributed by atoms with Gasteiger partial charge in [0.2, 0.25) is 0 Å². The molecule has 6 nitrogen and oxygen atoms in total. The van der Waals surface area contributed by atoms with Gasteiger partial charge in [-0.2, -0.15) is 0 Å². The van der Waals surface area contributed by atoms with Crippen molar-refractivity contribution in [1.82, 2.24) is 0 Å². The highest BCUT2D eigenvalue weighted by atomic mass is 31.2. The van der Waals surface area contributed by atoms with E-state index in [4.69, 9.17) is 0 Å². The predicted molar refractivity (Wildman–Crippen MR) is 20.1 cm³/mol. The summed E-state index contributed by atoms with van der Waals surface area (Å²) in [5.41, 5.74) is 0. The SMILES string of the molecule is O=P([O-])([O-])CP(=O)([O-])[O-]. The second kappa shape index (κ2) is 2.50. The summed E-state index contributed by atoms with van der Waals surface area (Å²) in [5.74, 6) is -1.82. The van der Waals surface area contributed by atoms with Crippen LogP contribution in [0.2, 0.25) is 0 Å². The third-order valence-electron chi connectivity index (χ3n) is 0.346. The average molecular weight is 172 g/mol. The Hall–Kier alpha value is 0.300. The van der Waals surface area contributed by atoms with Gasteiger partial charge in [-0.05, 0) is 0 Å². The molecule has 0 bridgehead atoms. The van der Waals surface area contributed by atoms with Gasteiger partial charge in [0, 0.05) is 5.90 Å². The summed E-state index contributed by atoms with van der Waals surface area (Å²) in [5, 5.41) is 0. The Balaban J connectivity index is 4.07. The highest BCUT2D eigenvalue weighted by Crippen LogP contribution is 2.39. The molecule has 9 heavy (non-hydrogen) atoms. The van der Waals surface area contributed by atoms with Crippen molar-refractivity contribution >= 4 is 15.2 Å². The van der Waals surface area contributed by atoms with Crippen LogP contribution in [0.4, 0.5) is 0 Å². The van der Waals surface area contributed by atoms with Crippen molar-refractivity contribution in [3.8, 4) is 0 Å². The van der Waals surface area contributed by atoms with Gasteiger partial charge >= 0.3 is 0 Å². The fourth-order valence-corrected chi connectivity index (χ4v) is 1.91. The summed E-state index contributed by atoms with van der Waals surface area (Å²) in [4.78, 5) is 38.2. The van der Waals surface area contributed by atoms with Crippen LogP contribution in [0.25, 0.3) is 0 Å². The standard InChI is InChI=1S/CH6O6P2/c2-8(3,4)1-9(5,6)7/h1H2,(H2,2,3,4)(H2,5,6,7)/p-4. The molecule has 0 aliphatic heterocycles. The van der Waals surface area contributed by atoms with Crippen molar-refractivity contribution in [3.63, 3.8) is 0 Å². The minimum Gasteiger partial charge on any atom is -0.810 e. The lowest BCUT2D eigenvalue weighted by atomic mass is 11.9. The zero-order chi connectivity index (χ0) is 7.71. The first kappa shape index (κ1) is 9.30. The van der Waals surface area contributed by atoms with Crippen molar-refractivity contribution in [1.29, 1.82) is 0 Å². The summed E-state index contributed by atoms with van der Waals surface area (Å²) in [6.07, 6.45) is 0. The van der Waals surface area contributed by atoms with Gasteiger partial charge in [-0.1, -0.05) is 15.2 Å². The Labute approximate surface area is 50.8 Å².